The molecule has 7 heteroatoms. The second-order valence-corrected chi connectivity index (χ2v) is 7.31. The third kappa shape index (κ3) is 5.28. The molecule has 0 aliphatic heterocycles. The van der Waals surface area contributed by atoms with Gasteiger partial charge in [-0.1, -0.05) is 35.4 Å². The largest absolute Gasteiger partial charge is 0.311 e. The van der Waals surface area contributed by atoms with E-state index in [1.54, 1.807) is 30.3 Å². The normalized spacial score (nSPS) is 11.6. The molecule has 0 radical (unpaired) electrons. The number of aryl methyl sites for hydroxylation is 1. The molecule has 0 unspecified atom stereocenters. The van der Waals surface area contributed by atoms with E-state index in [1.165, 1.54) is 12.1 Å². The maximum atomic E-state index is 13.3. The van der Waals surface area contributed by atoms with E-state index in [0.717, 1.165) is 11.1 Å². The first kappa shape index (κ1) is 17.9. The van der Waals surface area contributed by atoms with Gasteiger partial charge in [-0.3, -0.25) is 0 Å². The molecule has 0 saturated heterocycles. The molecule has 0 aliphatic rings. The van der Waals surface area contributed by atoms with Crippen LogP contribution < -0.4 is 10.0 Å². The van der Waals surface area contributed by atoms with Gasteiger partial charge in [0.15, 0.2) is 0 Å². The van der Waals surface area contributed by atoms with E-state index >= 15 is 0 Å². The van der Waals surface area contributed by atoms with Crippen molar-refractivity contribution >= 4 is 21.6 Å². The summed E-state index contributed by atoms with van der Waals surface area (Å²) in [6, 6.07) is 11.2. The third-order valence-electron chi connectivity index (χ3n) is 3.24. The SMILES string of the molecule is Cc1ccc(S(=O)(=O)NCCNCc2ccc(Cl)c(F)c2)cc1. The van der Waals surface area contributed by atoms with Crippen molar-refractivity contribution < 1.29 is 12.8 Å². The molecule has 2 N–H and O–H groups in total. The van der Waals surface area contributed by atoms with Crippen LogP contribution >= 0.6 is 11.6 Å². The zero-order valence-electron chi connectivity index (χ0n) is 12.6. The zero-order chi connectivity index (χ0) is 16.9. The molecule has 2 rings (SSSR count). The van der Waals surface area contributed by atoms with E-state index in [2.05, 4.69) is 10.0 Å². The van der Waals surface area contributed by atoms with Crippen molar-refractivity contribution in [3.05, 3.63) is 64.4 Å². The summed E-state index contributed by atoms with van der Waals surface area (Å²) in [7, 11) is -3.50. The van der Waals surface area contributed by atoms with Crippen LogP contribution in [0, 0.1) is 12.7 Å². The van der Waals surface area contributed by atoms with Crippen molar-refractivity contribution in [2.45, 2.75) is 18.4 Å². The molecule has 23 heavy (non-hydrogen) atoms. The Morgan fingerprint density at radius 1 is 1.09 bits per heavy atom. The van der Waals surface area contributed by atoms with E-state index in [-0.39, 0.29) is 16.5 Å². The minimum absolute atomic E-state index is 0.0830. The van der Waals surface area contributed by atoms with E-state index in [4.69, 9.17) is 11.6 Å². The summed E-state index contributed by atoms with van der Waals surface area (Å²) in [5, 5.41) is 3.13. The van der Waals surface area contributed by atoms with Gasteiger partial charge in [-0.2, -0.15) is 0 Å². The van der Waals surface area contributed by atoms with E-state index in [9.17, 15) is 12.8 Å². The van der Waals surface area contributed by atoms with Gasteiger partial charge in [-0.05, 0) is 36.8 Å². The lowest BCUT2D eigenvalue weighted by Gasteiger charge is -2.08. The fraction of sp³-hybridized carbons (Fsp3) is 0.250. The smallest absolute Gasteiger partial charge is 0.240 e. The van der Waals surface area contributed by atoms with Gasteiger partial charge in [0, 0.05) is 19.6 Å². The maximum absolute atomic E-state index is 13.3. The standard InChI is InChI=1S/C16H18ClFN2O2S/c1-12-2-5-14(6-3-12)23(21,22)20-9-8-19-11-13-4-7-15(17)16(18)10-13/h2-7,10,19-20H,8-9,11H2,1H3. The summed E-state index contributed by atoms with van der Waals surface area (Å²) in [4.78, 5) is 0.239. The van der Waals surface area contributed by atoms with Crippen molar-refractivity contribution in [3.8, 4) is 0 Å². The summed E-state index contributed by atoms with van der Waals surface area (Å²) in [6.45, 7) is 3.00. The number of hydrogen-bond donors (Lipinski definition) is 2. The van der Waals surface area contributed by atoms with E-state index in [1.807, 2.05) is 6.92 Å². The molecule has 0 fully saturated rings. The summed E-state index contributed by atoms with van der Waals surface area (Å²) in [5.41, 5.74) is 1.74. The second-order valence-electron chi connectivity index (χ2n) is 5.14. The lowest BCUT2D eigenvalue weighted by Crippen LogP contribution is -2.31. The Morgan fingerprint density at radius 2 is 1.78 bits per heavy atom. The highest BCUT2D eigenvalue weighted by molar-refractivity contribution is 7.89. The maximum Gasteiger partial charge on any atom is 0.240 e. The van der Waals surface area contributed by atoms with Crippen molar-refractivity contribution in [1.82, 2.24) is 10.0 Å². The molecule has 0 aromatic heterocycles. The van der Waals surface area contributed by atoms with Gasteiger partial charge in [0.05, 0.1) is 9.92 Å². The van der Waals surface area contributed by atoms with Gasteiger partial charge < -0.3 is 5.32 Å². The van der Waals surface area contributed by atoms with Crippen LogP contribution in [0.3, 0.4) is 0 Å². The van der Waals surface area contributed by atoms with Gasteiger partial charge in [-0.15, -0.1) is 0 Å². The molecule has 0 heterocycles. The highest BCUT2D eigenvalue weighted by atomic mass is 35.5. The summed E-state index contributed by atoms with van der Waals surface area (Å²) < 4.78 is 39.9. The molecule has 124 valence electrons. The van der Waals surface area contributed by atoms with Crippen molar-refractivity contribution in [3.63, 3.8) is 0 Å². The minimum atomic E-state index is -3.50. The number of benzene rings is 2. The quantitative estimate of drug-likeness (QED) is 0.750. The van der Waals surface area contributed by atoms with Gasteiger partial charge >= 0.3 is 0 Å². The fourth-order valence-corrected chi connectivity index (χ4v) is 3.11. The highest BCUT2D eigenvalue weighted by Crippen LogP contribution is 2.15. The average molecular weight is 357 g/mol. The third-order valence-corrected chi connectivity index (χ3v) is 5.02. The average Bonchev–Trinajstić information content (AvgIpc) is 2.51. The fourth-order valence-electron chi connectivity index (χ4n) is 1.96. The lowest BCUT2D eigenvalue weighted by atomic mass is 10.2. The second kappa shape index (κ2) is 7.88. The van der Waals surface area contributed by atoms with Gasteiger partial charge in [0.25, 0.3) is 0 Å². The van der Waals surface area contributed by atoms with Crippen molar-refractivity contribution in [1.29, 1.82) is 0 Å². The van der Waals surface area contributed by atoms with Crippen LogP contribution in [0.15, 0.2) is 47.4 Å². The van der Waals surface area contributed by atoms with Gasteiger partial charge in [-0.25, -0.2) is 17.5 Å². The van der Waals surface area contributed by atoms with E-state index in [0.29, 0.717) is 13.1 Å². The predicted molar refractivity (Wildman–Crippen MR) is 89.5 cm³/mol. The lowest BCUT2D eigenvalue weighted by molar-refractivity contribution is 0.575. The molecule has 0 aliphatic carbocycles. The summed E-state index contributed by atoms with van der Waals surface area (Å²) in [6.07, 6.45) is 0. The molecular weight excluding hydrogens is 339 g/mol. The number of sulfonamides is 1. The Kier molecular flexibility index (Phi) is 6.12. The Morgan fingerprint density at radius 3 is 2.43 bits per heavy atom. The zero-order valence-corrected chi connectivity index (χ0v) is 14.2. The van der Waals surface area contributed by atoms with Crippen LogP contribution in [0.5, 0.6) is 0 Å². The number of halogens is 2. The first-order valence-electron chi connectivity index (χ1n) is 7.09. The Balaban J connectivity index is 1.78. The van der Waals surface area contributed by atoms with E-state index < -0.39 is 15.8 Å². The summed E-state index contributed by atoms with van der Waals surface area (Å²) in [5.74, 6) is -0.467. The van der Waals surface area contributed by atoms with Crippen molar-refractivity contribution in [2.24, 2.45) is 0 Å². The van der Waals surface area contributed by atoms with Crippen LogP contribution in [0.2, 0.25) is 5.02 Å². The molecule has 0 bridgehead atoms. The summed E-state index contributed by atoms with van der Waals surface area (Å²) >= 11 is 5.61. The molecule has 0 atom stereocenters. The predicted octanol–water partition coefficient (Wildman–Crippen LogP) is 2.86. The minimum Gasteiger partial charge on any atom is -0.311 e. The van der Waals surface area contributed by atoms with Crippen LogP contribution in [0.1, 0.15) is 11.1 Å². The highest BCUT2D eigenvalue weighted by Gasteiger charge is 2.12. The molecule has 2 aromatic rings. The Hall–Kier alpha value is -1.47. The molecule has 0 amide bonds. The van der Waals surface area contributed by atoms with Gasteiger partial charge in [0.1, 0.15) is 5.82 Å². The molecule has 2 aromatic carbocycles. The van der Waals surface area contributed by atoms with Crippen LogP contribution in [-0.2, 0) is 16.6 Å². The van der Waals surface area contributed by atoms with Crippen molar-refractivity contribution in [2.75, 3.05) is 13.1 Å². The van der Waals surface area contributed by atoms with Crippen LogP contribution in [0.4, 0.5) is 4.39 Å². The topological polar surface area (TPSA) is 58.2 Å². The molecule has 0 spiro atoms. The Labute approximate surface area is 140 Å². The van der Waals surface area contributed by atoms with Crippen LogP contribution in [0.25, 0.3) is 0 Å². The first-order chi connectivity index (χ1) is 10.9. The first-order valence-corrected chi connectivity index (χ1v) is 8.95. The van der Waals surface area contributed by atoms with Crippen LogP contribution in [-0.4, -0.2) is 21.5 Å². The number of nitrogens with one attached hydrogen (secondary N) is 2. The number of rotatable bonds is 7. The molecular formula is C16H18ClFN2O2S. The molecule has 0 saturated carbocycles. The molecule has 4 nitrogen and oxygen atoms in total. The van der Waals surface area contributed by atoms with Gasteiger partial charge in [0.2, 0.25) is 10.0 Å². The Bertz CT molecular complexity index is 764. The monoisotopic (exact) mass is 356 g/mol. The number of hydrogen-bond acceptors (Lipinski definition) is 3.